The zero-order valence-corrected chi connectivity index (χ0v) is 11.2. The first-order chi connectivity index (χ1) is 9.13. The quantitative estimate of drug-likeness (QED) is 0.609. The number of nitrogens with zero attached hydrogens (tertiary/aromatic N) is 3. The van der Waals surface area contributed by atoms with Gasteiger partial charge in [0.1, 0.15) is 11.9 Å². The molecular weight excluding hydrogens is 242 g/mol. The standard InChI is InChI=1S/C14H17N3O2/c1-3-4-9-16-14(13(10-15-16)17(18)19)12-7-5-11(2)6-8-12/h5-8,10H,3-4,9H2,1-2H3. The monoisotopic (exact) mass is 259 g/mol. The summed E-state index contributed by atoms with van der Waals surface area (Å²) in [7, 11) is 0. The van der Waals surface area contributed by atoms with Gasteiger partial charge in [-0.15, -0.1) is 0 Å². The van der Waals surface area contributed by atoms with Crippen LogP contribution < -0.4 is 0 Å². The second-order valence-corrected chi connectivity index (χ2v) is 4.58. The summed E-state index contributed by atoms with van der Waals surface area (Å²) in [4.78, 5) is 10.7. The molecule has 19 heavy (non-hydrogen) atoms. The summed E-state index contributed by atoms with van der Waals surface area (Å²) in [5, 5.41) is 15.3. The van der Waals surface area contributed by atoms with Crippen molar-refractivity contribution in [1.82, 2.24) is 9.78 Å². The molecule has 1 heterocycles. The van der Waals surface area contributed by atoms with Crippen LogP contribution in [0.5, 0.6) is 0 Å². The second kappa shape index (κ2) is 5.65. The molecular formula is C14H17N3O2. The fourth-order valence-electron chi connectivity index (χ4n) is 1.99. The van der Waals surface area contributed by atoms with Crippen molar-refractivity contribution in [1.29, 1.82) is 0 Å². The topological polar surface area (TPSA) is 61.0 Å². The van der Waals surface area contributed by atoms with Gasteiger partial charge < -0.3 is 0 Å². The highest BCUT2D eigenvalue weighted by Crippen LogP contribution is 2.30. The van der Waals surface area contributed by atoms with Gasteiger partial charge in [-0.3, -0.25) is 14.8 Å². The lowest BCUT2D eigenvalue weighted by atomic mass is 10.1. The van der Waals surface area contributed by atoms with E-state index in [0.717, 1.165) is 24.0 Å². The van der Waals surface area contributed by atoms with Gasteiger partial charge in [0.15, 0.2) is 0 Å². The molecule has 0 spiro atoms. The van der Waals surface area contributed by atoms with Gasteiger partial charge in [0, 0.05) is 12.1 Å². The third-order valence-electron chi connectivity index (χ3n) is 3.07. The van der Waals surface area contributed by atoms with Gasteiger partial charge in [-0.25, -0.2) is 0 Å². The maximum atomic E-state index is 11.1. The molecule has 0 aliphatic heterocycles. The fraction of sp³-hybridized carbons (Fsp3) is 0.357. The molecule has 5 nitrogen and oxygen atoms in total. The average Bonchev–Trinajstić information content (AvgIpc) is 2.81. The van der Waals surface area contributed by atoms with E-state index in [-0.39, 0.29) is 10.6 Å². The number of nitro groups is 1. The van der Waals surface area contributed by atoms with Crippen LogP contribution in [0.2, 0.25) is 0 Å². The third-order valence-corrected chi connectivity index (χ3v) is 3.07. The number of aromatic nitrogens is 2. The van der Waals surface area contributed by atoms with Crippen molar-refractivity contribution in [2.75, 3.05) is 0 Å². The minimum atomic E-state index is -0.370. The predicted molar refractivity (Wildman–Crippen MR) is 74.0 cm³/mol. The molecule has 0 saturated heterocycles. The van der Waals surface area contributed by atoms with Crippen molar-refractivity contribution in [3.05, 3.63) is 46.1 Å². The Kier molecular flexibility index (Phi) is 3.94. The SMILES string of the molecule is CCCCn1ncc([N+](=O)[O-])c1-c1ccc(C)cc1. The van der Waals surface area contributed by atoms with Crippen LogP contribution in [-0.2, 0) is 6.54 Å². The molecule has 5 heteroatoms. The number of rotatable bonds is 5. The van der Waals surface area contributed by atoms with Gasteiger partial charge in [0.2, 0.25) is 0 Å². The van der Waals surface area contributed by atoms with Gasteiger partial charge >= 0.3 is 5.69 Å². The first-order valence-electron chi connectivity index (χ1n) is 6.40. The first-order valence-corrected chi connectivity index (χ1v) is 6.40. The number of aryl methyl sites for hydroxylation is 2. The average molecular weight is 259 g/mol. The molecule has 0 atom stereocenters. The van der Waals surface area contributed by atoms with Crippen LogP contribution in [0.1, 0.15) is 25.3 Å². The molecule has 0 N–H and O–H groups in total. The van der Waals surface area contributed by atoms with Crippen molar-refractivity contribution in [2.24, 2.45) is 0 Å². The van der Waals surface area contributed by atoms with Crippen molar-refractivity contribution in [3.63, 3.8) is 0 Å². The molecule has 2 aromatic rings. The van der Waals surface area contributed by atoms with Gasteiger partial charge in [-0.2, -0.15) is 5.10 Å². The molecule has 0 bridgehead atoms. The normalized spacial score (nSPS) is 10.6. The summed E-state index contributed by atoms with van der Waals surface area (Å²) in [5.74, 6) is 0. The summed E-state index contributed by atoms with van der Waals surface area (Å²) in [6.07, 6.45) is 3.32. The largest absolute Gasteiger partial charge is 0.314 e. The molecule has 0 aliphatic rings. The fourth-order valence-corrected chi connectivity index (χ4v) is 1.99. The van der Waals surface area contributed by atoms with E-state index in [1.807, 2.05) is 31.2 Å². The molecule has 0 aliphatic carbocycles. The molecule has 100 valence electrons. The highest BCUT2D eigenvalue weighted by Gasteiger charge is 2.21. The summed E-state index contributed by atoms with van der Waals surface area (Å²) < 4.78 is 1.73. The van der Waals surface area contributed by atoms with Crippen molar-refractivity contribution < 1.29 is 4.92 Å². The van der Waals surface area contributed by atoms with Gasteiger partial charge in [-0.05, 0) is 13.3 Å². The van der Waals surface area contributed by atoms with E-state index in [0.29, 0.717) is 12.2 Å². The van der Waals surface area contributed by atoms with Crippen molar-refractivity contribution in [2.45, 2.75) is 33.2 Å². The Balaban J connectivity index is 2.47. The Morgan fingerprint density at radius 1 is 1.32 bits per heavy atom. The van der Waals surface area contributed by atoms with Crippen LogP contribution in [0.4, 0.5) is 5.69 Å². The molecule has 0 fully saturated rings. The maximum Gasteiger partial charge on any atom is 0.314 e. The number of hydrogen-bond acceptors (Lipinski definition) is 3. The van der Waals surface area contributed by atoms with Gasteiger partial charge in [0.05, 0.1) is 4.92 Å². The van der Waals surface area contributed by atoms with Crippen LogP contribution in [-0.4, -0.2) is 14.7 Å². The van der Waals surface area contributed by atoms with E-state index in [1.54, 1.807) is 4.68 Å². The summed E-state index contributed by atoms with van der Waals surface area (Å²) >= 11 is 0. The third kappa shape index (κ3) is 2.81. The van der Waals surface area contributed by atoms with Crippen LogP contribution in [0.3, 0.4) is 0 Å². The molecule has 0 unspecified atom stereocenters. The second-order valence-electron chi connectivity index (χ2n) is 4.58. The molecule has 1 aromatic carbocycles. The van der Waals surface area contributed by atoms with Crippen molar-refractivity contribution in [3.8, 4) is 11.3 Å². The minimum absolute atomic E-state index is 0.0694. The zero-order valence-electron chi connectivity index (χ0n) is 11.2. The van der Waals surface area contributed by atoms with Crippen molar-refractivity contribution >= 4 is 5.69 Å². The smallest absolute Gasteiger partial charge is 0.258 e. The van der Waals surface area contributed by atoms with Crippen LogP contribution in [0.25, 0.3) is 11.3 Å². The minimum Gasteiger partial charge on any atom is -0.258 e. The zero-order chi connectivity index (χ0) is 13.8. The van der Waals surface area contributed by atoms with Crippen LogP contribution in [0, 0.1) is 17.0 Å². The lowest BCUT2D eigenvalue weighted by Gasteiger charge is -2.06. The van der Waals surface area contributed by atoms with Crippen LogP contribution >= 0.6 is 0 Å². The first kappa shape index (κ1) is 13.3. The summed E-state index contributed by atoms with van der Waals surface area (Å²) in [5.41, 5.74) is 2.63. The Bertz CT molecular complexity index is 573. The Morgan fingerprint density at radius 2 is 2.00 bits per heavy atom. The van der Waals surface area contributed by atoms with Gasteiger partial charge in [-0.1, -0.05) is 43.2 Å². The Morgan fingerprint density at radius 3 is 2.58 bits per heavy atom. The van der Waals surface area contributed by atoms with E-state index in [2.05, 4.69) is 12.0 Å². The Hall–Kier alpha value is -2.17. The molecule has 1 aromatic heterocycles. The summed E-state index contributed by atoms with van der Waals surface area (Å²) in [6.45, 7) is 4.78. The van der Waals surface area contributed by atoms with E-state index in [1.165, 1.54) is 6.20 Å². The maximum absolute atomic E-state index is 11.1. The number of unbranched alkanes of at least 4 members (excludes halogenated alkanes) is 1. The van der Waals surface area contributed by atoms with Crippen LogP contribution in [0.15, 0.2) is 30.5 Å². The summed E-state index contributed by atoms with van der Waals surface area (Å²) in [6, 6.07) is 7.72. The lowest BCUT2D eigenvalue weighted by Crippen LogP contribution is -2.03. The lowest BCUT2D eigenvalue weighted by molar-refractivity contribution is -0.384. The van der Waals surface area contributed by atoms with E-state index >= 15 is 0 Å². The molecule has 0 saturated carbocycles. The number of benzene rings is 1. The number of hydrogen-bond donors (Lipinski definition) is 0. The van der Waals surface area contributed by atoms with E-state index < -0.39 is 0 Å². The predicted octanol–water partition coefficient (Wildman–Crippen LogP) is 3.57. The van der Waals surface area contributed by atoms with Gasteiger partial charge in [0.25, 0.3) is 0 Å². The van der Waals surface area contributed by atoms with E-state index in [4.69, 9.17) is 0 Å². The molecule has 2 rings (SSSR count). The van der Waals surface area contributed by atoms with E-state index in [9.17, 15) is 10.1 Å². The highest BCUT2D eigenvalue weighted by molar-refractivity contribution is 5.69. The molecule has 0 radical (unpaired) electrons. The Labute approximate surface area is 112 Å². The highest BCUT2D eigenvalue weighted by atomic mass is 16.6. The molecule has 0 amide bonds.